The smallest absolute Gasteiger partial charge is 0.315 e. The van der Waals surface area contributed by atoms with Crippen molar-refractivity contribution in [3.8, 4) is 0 Å². The van der Waals surface area contributed by atoms with Gasteiger partial charge in [-0.1, -0.05) is 85.3 Å². The van der Waals surface area contributed by atoms with Gasteiger partial charge in [0.25, 0.3) is 5.91 Å². The molecule has 3 aliphatic rings. The minimum atomic E-state index is -3.70. The average molecular weight is 775 g/mol. The Balaban J connectivity index is 1.59. The minimum Gasteiger partial charge on any atom is -0.346 e. The van der Waals surface area contributed by atoms with Crippen molar-refractivity contribution in [2.75, 3.05) is 19.6 Å². The van der Waals surface area contributed by atoms with Crippen LogP contribution >= 0.6 is 11.3 Å². The van der Waals surface area contributed by atoms with Crippen molar-refractivity contribution in [3.63, 3.8) is 0 Å². The molecule has 53 heavy (non-hydrogen) atoms. The van der Waals surface area contributed by atoms with Gasteiger partial charge < -0.3 is 26.2 Å². The van der Waals surface area contributed by atoms with E-state index in [0.29, 0.717) is 30.6 Å². The van der Waals surface area contributed by atoms with Crippen molar-refractivity contribution in [2.45, 2.75) is 128 Å². The Morgan fingerprint density at radius 1 is 1.02 bits per heavy atom. The molecule has 1 unspecified atom stereocenters. The number of Topliss-reactive ketones (excluding diaryl/α,β-unsaturated/α-hetero) is 1. The van der Waals surface area contributed by atoms with E-state index in [1.165, 1.54) is 26.6 Å². The molecule has 13 nitrogen and oxygen atoms in total. The van der Waals surface area contributed by atoms with Crippen LogP contribution in [0.25, 0.3) is 0 Å². The number of rotatable bonds is 10. The van der Waals surface area contributed by atoms with E-state index in [4.69, 9.17) is 0 Å². The van der Waals surface area contributed by atoms with Crippen LogP contribution < -0.4 is 21.3 Å². The van der Waals surface area contributed by atoms with Gasteiger partial charge in [-0.15, -0.1) is 24.5 Å². The number of nitrogens with one attached hydrogen (secondary N) is 4. The fourth-order valence-electron chi connectivity index (χ4n) is 7.41. The van der Waals surface area contributed by atoms with Crippen molar-refractivity contribution in [1.29, 1.82) is 0 Å². The molecule has 0 aliphatic carbocycles. The summed E-state index contributed by atoms with van der Waals surface area (Å²) < 4.78 is 27.9. The van der Waals surface area contributed by atoms with E-state index >= 15 is 0 Å². The number of nitrogens with zero attached hydrogens (tertiary/aromatic N) is 2. The zero-order valence-electron chi connectivity index (χ0n) is 31.9. The third-order valence-electron chi connectivity index (χ3n) is 10.9. The van der Waals surface area contributed by atoms with Gasteiger partial charge in [0.05, 0.1) is 10.9 Å². The highest BCUT2D eigenvalue weighted by molar-refractivity contribution is 7.89. The van der Waals surface area contributed by atoms with E-state index in [0.717, 1.165) is 30.6 Å². The Kier molecular flexibility index (Phi) is 14.1. The van der Waals surface area contributed by atoms with Gasteiger partial charge in [0.1, 0.15) is 12.1 Å². The van der Waals surface area contributed by atoms with Crippen LogP contribution in [-0.4, -0.2) is 91.0 Å². The molecule has 0 radical (unpaired) electrons. The number of hydrogen-bond donors (Lipinski definition) is 4. The molecular formula is C38H58N6O7S2. The third-order valence-corrected chi connectivity index (χ3v) is 13.8. The lowest BCUT2D eigenvalue weighted by atomic mass is 9.74. The van der Waals surface area contributed by atoms with Crippen LogP contribution in [0.3, 0.4) is 0 Å². The maximum atomic E-state index is 14.5. The summed E-state index contributed by atoms with van der Waals surface area (Å²) >= 11 is 1.39. The van der Waals surface area contributed by atoms with E-state index in [1.807, 2.05) is 34.6 Å². The molecule has 5 atom stereocenters. The molecule has 1 aromatic heterocycles. The number of allylic oxidation sites excluding steroid dienone is 1. The summed E-state index contributed by atoms with van der Waals surface area (Å²) in [6.07, 6.45) is 8.99. The molecule has 2 saturated heterocycles. The van der Waals surface area contributed by atoms with Gasteiger partial charge in [0.2, 0.25) is 27.6 Å². The van der Waals surface area contributed by atoms with Crippen LogP contribution in [0.15, 0.2) is 41.7 Å². The van der Waals surface area contributed by atoms with E-state index < -0.39 is 74.6 Å². The zero-order valence-corrected chi connectivity index (χ0v) is 33.5. The van der Waals surface area contributed by atoms with E-state index in [9.17, 15) is 32.4 Å². The molecule has 5 amide bonds. The Morgan fingerprint density at radius 3 is 2.30 bits per heavy atom. The first-order chi connectivity index (χ1) is 24.9. The largest absolute Gasteiger partial charge is 0.346 e. The molecule has 1 aromatic rings. The number of hydrogen-bond acceptors (Lipinski definition) is 8. The van der Waals surface area contributed by atoms with Crippen LogP contribution in [0.1, 0.15) is 97.3 Å². The molecule has 294 valence electrons. The number of amides is 5. The quantitative estimate of drug-likeness (QED) is 0.203. The maximum absolute atomic E-state index is 14.5. The van der Waals surface area contributed by atoms with Crippen LogP contribution in [-0.2, 0) is 35.7 Å². The Bertz CT molecular complexity index is 1650. The first kappa shape index (κ1) is 42.2. The minimum absolute atomic E-state index is 0.0530. The molecule has 3 aliphatic heterocycles. The maximum Gasteiger partial charge on any atom is 0.315 e. The predicted molar refractivity (Wildman–Crippen MR) is 205 cm³/mol. The number of thiophene rings is 1. The van der Waals surface area contributed by atoms with Crippen LogP contribution in [0.2, 0.25) is 0 Å². The fourth-order valence-corrected chi connectivity index (χ4v) is 10.3. The first-order valence-electron chi connectivity index (χ1n) is 18.7. The molecule has 2 fully saturated rings. The normalized spacial score (nSPS) is 25.1. The lowest BCUT2D eigenvalue weighted by molar-refractivity contribution is -0.144. The Morgan fingerprint density at radius 2 is 1.68 bits per heavy atom. The van der Waals surface area contributed by atoms with Crippen molar-refractivity contribution in [2.24, 2.45) is 16.7 Å². The van der Waals surface area contributed by atoms with Gasteiger partial charge in [-0.3, -0.25) is 19.2 Å². The molecule has 15 heteroatoms. The number of sulfonamides is 1. The summed E-state index contributed by atoms with van der Waals surface area (Å²) in [6, 6.07) is -2.61. The van der Waals surface area contributed by atoms with Gasteiger partial charge in [-0.2, -0.15) is 4.31 Å². The number of carbonyl (C=O) groups is 5. The summed E-state index contributed by atoms with van der Waals surface area (Å²) in [5.74, 6) is -2.85. The molecule has 4 heterocycles. The van der Waals surface area contributed by atoms with Gasteiger partial charge >= 0.3 is 6.03 Å². The van der Waals surface area contributed by atoms with E-state index in [2.05, 4.69) is 34.4 Å². The van der Waals surface area contributed by atoms with E-state index in [-0.39, 0.29) is 38.5 Å². The van der Waals surface area contributed by atoms with Gasteiger partial charge in [-0.05, 0) is 47.5 Å². The van der Waals surface area contributed by atoms with Crippen molar-refractivity contribution in [3.05, 3.63) is 41.6 Å². The van der Waals surface area contributed by atoms with Gasteiger partial charge in [0.15, 0.2) is 0 Å². The zero-order chi connectivity index (χ0) is 39.1. The van der Waals surface area contributed by atoms with Crippen LogP contribution in [0, 0.1) is 16.7 Å². The number of urea groups is 1. The van der Waals surface area contributed by atoms with Crippen molar-refractivity contribution in [1.82, 2.24) is 30.5 Å². The highest BCUT2D eigenvalue weighted by Gasteiger charge is 2.49. The number of carbonyl (C=O) groups excluding carboxylic acids is 5. The lowest BCUT2D eigenvalue weighted by Gasteiger charge is -2.37. The molecule has 4 rings (SSSR count). The molecule has 0 spiro atoms. The van der Waals surface area contributed by atoms with Gasteiger partial charge in [-0.25, -0.2) is 13.2 Å². The average Bonchev–Trinajstić information content (AvgIpc) is 3.82. The Hall–Kier alpha value is -3.56. The predicted octanol–water partition coefficient (Wildman–Crippen LogP) is 4.25. The second-order valence-electron chi connectivity index (χ2n) is 16.1. The molecule has 0 aromatic carbocycles. The second-order valence-corrected chi connectivity index (χ2v) is 19.0. The fraction of sp³-hybridized carbons (Fsp3) is 0.658. The van der Waals surface area contributed by atoms with Crippen molar-refractivity contribution < 1.29 is 32.4 Å². The van der Waals surface area contributed by atoms with Crippen LogP contribution in [0.5, 0.6) is 0 Å². The SMILES string of the molecule is C=CCNC(=O)C(=O)[C@@H]1CCCCCCCC[C@H](NC(=O)N[C@H](CN2Cc3sccc3S2(=O)=O)C(C)(C)C)C(=O)N2CC[C@H](C(C)(C)C=C)C2C(=O)N1. The summed E-state index contributed by atoms with van der Waals surface area (Å²) in [4.78, 5) is 71.2. The molecular weight excluding hydrogens is 717 g/mol. The van der Waals surface area contributed by atoms with Crippen molar-refractivity contribution >= 4 is 50.9 Å². The van der Waals surface area contributed by atoms with Gasteiger partial charge in [0, 0.05) is 37.1 Å². The first-order valence-corrected chi connectivity index (χ1v) is 21.0. The highest BCUT2D eigenvalue weighted by Crippen LogP contribution is 2.41. The summed E-state index contributed by atoms with van der Waals surface area (Å²) in [6.45, 7) is 17.9. The lowest BCUT2D eigenvalue weighted by Crippen LogP contribution is -2.60. The second kappa shape index (κ2) is 17.7. The summed E-state index contributed by atoms with van der Waals surface area (Å²) in [5, 5.41) is 13.0. The number of fused-ring (bicyclic) bond motifs is 2. The summed E-state index contributed by atoms with van der Waals surface area (Å²) in [7, 11) is -3.70. The van der Waals surface area contributed by atoms with Crippen LogP contribution in [0.4, 0.5) is 4.79 Å². The third kappa shape index (κ3) is 10.2. The number of ketones is 1. The monoisotopic (exact) mass is 774 g/mol. The topological polar surface area (TPSA) is 174 Å². The summed E-state index contributed by atoms with van der Waals surface area (Å²) in [5.41, 5.74) is -1.10. The standard InChI is InChI=1S/C38H58N6O7S2/c1-8-20-39-34(47)32(45)26-16-14-12-10-11-13-15-17-27(35(48)44-21-18-25(38(6,7)9-2)31(44)33(46)40-26)41-36(49)42-30(37(3,4)5)24-43-23-28-29(19-22-52-28)53(43,50)51/h8-9,19,22,25-27,30-31H,1-2,10-18,20-21,23-24H2,3-7H3,(H,39,47)(H,40,46)(H2,41,42,49)/t25-,26-,27-,30+,31?/m0/s1. The molecule has 0 saturated carbocycles. The molecule has 4 N–H and O–H groups in total. The Labute approximate surface area is 318 Å². The highest BCUT2D eigenvalue weighted by atomic mass is 32.2. The van der Waals surface area contributed by atoms with E-state index in [1.54, 1.807) is 17.5 Å². The molecule has 0 bridgehead atoms.